The van der Waals surface area contributed by atoms with Crippen LogP contribution in [0.4, 0.5) is 10.7 Å². The van der Waals surface area contributed by atoms with Gasteiger partial charge in [-0.1, -0.05) is 0 Å². The summed E-state index contributed by atoms with van der Waals surface area (Å²) in [5.74, 6) is 0.731. The van der Waals surface area contributed by atoms with Crippen LogP contribution < -0.4 is 10.5 Å². The lowest BCUT2D eigenvalue weighted by Crippen LogP contribution is -2.50. The fourth-order valence-corrected chi connectivity index (χ4v) is 5.45. The summed E-state index contributed by atoms with van der Waals surface area (Å²) in [5.41, 5.74) is 1.32. The van der Waals surface area contributed by atoms with Crippen LogP contribution in [-0.4, -0.2) is 53.3 Å². The molecule has 2 aromatic heterocycles. The smallest absolute Gasteiger partial charge is 0.409 e. The van der Waals surface area contributed by atoms with Crippen molar-refractivity contribution in [3.05, 3.63) is 20.8 Å². The Morgan fingerprint density at radius 2 is 1.89 bits per heavy atom. The van der Waals surface area contributed by atoms with Crippen LogP contribution >= 0.6 is 11.3 Å². The number of nitrogens with zero attached hydrogens (tertiary/aromatic N) is 4. The van der Waals surface area contributed by atoms with Gasteiger partial charge >= 0.3 is 6.09 Å². The van der Waals surface area contributed by atoms with E-state index < -0.39 is 0 Å². The van der Waals surface area contributed by atoms with Gasteiger partial charge in [-0.25, -0.2) is 9.78 Å². The maximum atomic E-state index is 13.4. The van der Waals surface area contributed by atoms with Crippen LogP contribution in [0.15, 0.2) is 4.79 Å². The molecule has 0 radical (unpaired) electrons. The summed E-state index contributed by atoms with van der Waals surface area (Å²) < 4.78 is 6.94. The molecule has 7 nitrogen and oxygen atoms in total. The topological polar surface area (TPSA) is 67.7 Å². The molecule has 1 aliphatic carbocycles. The van der Waals surface area contributed by atoms with Crippen LogP contribution in [0.2, 0.25) is 0 Å². The van der Waals surface area contributed by atoms with Crippen molar-refractivity contribution in [3.8, 4) is 0 Å². The number of hydrogen-bond donors (Lipinski definition) is 0. The highest BCUT2D eigenvalue weighted by atomic mass is 32.1. The first-order valence-corrected chi connectivity index (χ1v) is 11.1. The summed E-state index contributed by atoms with van der Waals surface area (Å²) in [6, 6.07) is 0.0293. The number of aromatic nitrogens is 2. The van der Waals surface area contributed by atoms with Crippen molar-refractivity contribution in [2.75, 3.05) is 37.7 Å². The zero-order valence-corrected chi connectivity index (χ0v) is 17.7. The summed E-state index contributed by atoms with van der Waals surface area (Å²) in [5, 5.41) is 0.835. The maximum absolute atomic E-state index is 13.4. The van der Waals surface area contributed by atoms with Crippen molar-refractivity contribution in [1.29, 1.82) is 0 Å². The maximum Gasteiger partial charge on any atom is 0.409 e. The number of thiophene rings is 1. The number of aryl methyl sites for hydroxylation is 2. The molecule has 8 heteroatoms. The Hall–Kier alpha value is -2.09. The van der Waals surface area contributed by atoms with Crippen molar-refractivity contribution >= 4 is 33.6 Å². The number of piperazine rings is 1. The molecule has 0 atom stereocenters. The molecule has 28 heavy (non-hydrogen) atoms. The highest BCUT2D eigenvalue weighted by molar-refractivity contribution is 7.18. The molecule has 3 heterocycles. The third-order valence-corrected chi connectivity index (χ3v) is 6.79. The Balaban J connectivity index is 1.70. The van der Waals surface area contributed by atoms with Crippen molar-refractivity contribution in [1.82, 2.24) is 14.5 Å². The molecular weight excluding hydrogens is 376 g/mol. The number of ether oxygens (including phenoxy) is 1. The van der Waals surface area contributed by atoms with E-state index in [2.05, 4.69) is 4.90 Å². The second kappa shape index (κ2) is 7.73. The van der Waals surface area contributed by atoms with E-state index in [0.717, 1.165) is 35.4 Å². The number of hydrogen-bond acceptors (Lipinski definition) is 6. The predicted molar refractivity (Wildman–Crippen MR) is 112 cm³/mol. The average molecular weight is 405 g/mol. The fraction of sp³-hybridized carbons (Fsp3) is 0.650. The highest BCUT2D eigenvalue weighted by Gasteiger charge is 2.28. The van der Waals surface area contributed by atoms with E-state index in [-0.39, 0.29) is 17.7 Å². The Labute approximate surface area is 168 Å². The van der Waals surface area contributed by atoms with E-state index in [1.165, 1.54) is 16.9 Å². The van der Waals surface area contributed by atoms with Crippen molar-refractivity contribution in [3.63, 3.8) is 0 Å². The van der Waals surface area contributed by atoms with Crippen LogP contribution in [0, 0.1) is 0 Å². The number of carbonyl (C=O) groups excluding carboxylic acids is 1. The molecule has 0 unspecified atom stereocenters. The van der Waals surface area contributed by atoms with Gasteiger partial charge in [0.1, 0.15) is 4.83 Å². The zero-order chi connectivity index (χ0) is 19.8. The number of amides is 1. The molecule has 0 aromatic carbocycles. The largest absolute Gasteiger partial charge is 0.450 e. The SMILES string of the molecule is CCOC(=O)N1CCN(c2nc3sc4c(c3c(=O)n2C(C)C)CCCC4)CC1. The van der Waals surface area contributed by atoms with Gasteiger partial charge in [0.2, 0.25) is 5.95 Å². The molecule has 0 bridgehead atoms. The van der Waals surface area contributed by atoms with Gasteiger partial charge in [0.05, 0.1) is 12.0 Å². The van der Waals surface area contributed by atoms with E-state index in [1.807, 2.05) is 25.3 Å². The van der Waals surface area contributed by atoms with Crippen LogP contribution in [0.1, 0.15) is 50.1 Å². The van der Waals surface area contributed by atoms with Gasteiger partial charge in [-0.3, -0.25) is 9.36 Å². The van der Waals surface area contributed by atoms with Crippen LogP contribution in [0.25, 0.3) is 10.2 Å². The Bertz CT molecular complexity index is 941. The molecule has 2 aromatic rings. The lowest BCUT2D eigenvalue weighted by Gasteiger charge is -2.36. The molecule has 4 rings (SSSR count). The highest BCUT2D eigenvalue weighted by Crippen LogP contribution is 2.35. The van der Waals surface area contributed by atoms with Gasteiger partial charge in [0, 0.05) is 37.1 Å². The summed E-state index contributed by atoms with van der Waals surface area (Å²) in [7, 11) is 0. The lowest BCUT2D eigenvalue weighted by molar-refractivity contribution is 0.105. The molecule has 1 saturated heterocycles. The minimum absolute atomic E-state index is 0.0293. The van der Waals surface area contributed by atoms with Gasteiger partial charge in [0.15, 0.2) is 0 Å². The summed E-state index contributed by atoms with van der Waals surface area (Å²) >= 11 is 1.69. The molecular formula is C20H28N4O3S. The third-order valence-electron chi connectivity index (χ3n) is 5.61. The van der Waals surface area contributed by atoms with Gasteiger partial charge in [-0.15, -0.1) is 11.3 Å². The van der Waals surface area contributed by atoms with Crippen LogP contribution in [-0.2, 0) is 17.6 Å². The normalized spacial score (nSPS) is 17.3. The van der Waals surface area contributed by atoms with E-state index >= 15 is 0 Å². The van der Waals surface area contributed by atoms with Crippen molar-refractivity contribution < 1.29 is 9.53 Å². The number of fused-ring (bicyclic) bond motifs is 3. The zero-order valence-electron chi connectivity index (χ0n) is 16.9. The second-order valence-corrected chi connectivity index (χ2v) is 8.83. The Morgan fingerprint density at radius 3 is 2.57 bits per heavy atom. The molecule has 0 N–H and O–H groups in total. The molecule has 1 fully saturated rings. The van der Waals surface area contributed by atoms with Crippen LogP contribution in [0.3, 0.4) is 0 Å². The standard InChI is InChI=1S/C20H28N4O3S/c1-4-27-20(26)23-11-9-22(10-12-23)19-21-17-16(18(25)24(19)13(2)3)14-7-5-6-8-15(14)28-17/h13H,4-12H2,1-3H3. The molecule has 0 spiro atoms. The van der Waals surface area contributed by atoms with E-state index in [4.69, 9.17) is 9.72 Å². The van der Waals surface area contributed by atoms with E-state index in [0.29, 0.717) is 32.8 Å². The van der Waals surface area contributed by atoms with E-state index in [9.17, 15) is 9.59 Å². The quantitative estimate of drug-likeness (QED) is 0.786. The van der Waals surface area contributed by atoms with Gasteiger partial charge in [0.25, 0.3) is 5.56 Å². The summed E-state index contributed by atoms with van der Waals surface area (Å²) in [6.45, 7) is 8.71. The third kappa shape index (κ3) is 3.27. The van der Waals surface area contributed by atoms with Gasteiger partial charge in [-0.05, 0) is 52.0 Å². The number of anilines is 1. The minimum atomic E-state index is -0.266. The predicted octanol–water partition coefficient (Wildman–Crippen LogP) is 3.20. The molecule has 1 aliphatic heterocycles. The molecule has 1 amide bonds. The summed E-state index contributed by atoms with van der Waals surface area (Å²) in [4.78, 5) is 36.4. The minimum Gasteiger partial charge on any atom is -0.450 e. The first kappa shape index (κ1) is 19.2. The fourth-order valence-electron chi connectivity index (χ4n) is 4.20. The van der Waals surface area contributed by atoms with Crippen LogP contribution in [0.5, 0.6) is 0 Å². The monoisotopic (exact) mass is 404 g/mol. The van der Waals surface area contributed by atoms with Gasteiger partial charge in [-0.2, -0.15) is 0 Å². The first-order chi connectivity index (χ1) is 13.5. The Kier molecular flexibility index (Phi) is 5.31. The average Bonchev–Trinajstić information content (AvgIpc) is 3.06. The molecule has 0 saturated carbocycles. The van der Waals surface area contributed by atoms with Crippen molar-refractivity contribution in [2.45, 2.75) is 52.5 Å². The second-order valence-electron chi connectivity index (χ2n) is 7.74. The summed E-state index contributed by atoms with van der Waals surface area (Å²) in [6.07, 6.45) is 4.13. The number of rotatable bonds is 3. The van der Waals surface area contributed by atoms with E-state index in [1.54, 1.807) is 16.2 Å². The molecule has 2 aliphatic rings. The number of carbonyl (C=O) groups is 1. The van der Waals surface area contributed by atoms with Gasteiger partial charge < -0.3 is 14.5 Å². The first-order valence-electron chi connectivity index (χ1n) is 10.2. The molecule has 152 valence electrons. The Morgan fingerprint density at radius 1 is 1.18 bits per heavy atom. The van der Waals surface area contributed by atoms with Crippen molar-refractivity contribution in [2.24, 2.45) is 0 Å². The lowest BCUT2D eigenvalue weighted by atomic mass is 9.97.